The van der Waals surface area contributed by atoms with Crippen molar-refractivity contribution in [2.24, 2.45) is 35.0 Å². The van der Waals surface area contributed by atoms with Crippen LogP contribution < -0.4 is 0 Å². The van der Waals surface area contributed by atoms with Crippen molar-refractivity contribution in [1.29, 1.82) is 0 Å². The van der Waals surface area contributed by atoms with E-state index in [9.17, 15) is 20.4 Å². The Kier molecular flexibility index (Phi) is 7.92. The standard InChI is InChI=1S/C28H44O4/c1-18(21(4)17-29)8-9-20(3)26-25(30)15-24-22(7-6-13-27(24,26)5)10-11-23-16-28(31,32)14-12-19(23)2/h8-11,18,20-21,24-26,29-32H,2,6-7,12-17H2,1,3-5H3/b9-8+,22-10+,23-11-/t18-,20-,21?,24+,25?,26+,27-/m1/s1. The zero-order valence-corrected chi connectivity index (χ0v) is 20.4. The Hall–Kier alpha value is -1.20. The number of hydrogen-bond donors (Lipinski definition) is 4. The first-order chi connectivity index (χ1) is 15.0. The first-order valence-corrected chi connectivity index (χ1v) is 12.5. The van der Waals surface area contributed by atoms with Crippen molar-refractivity contribution in [3.63, 3.8) is 0 Å². The highest BCUT2D eigenvalue weighted by Crippen LogP contribution is 2.59. The van der Waals surface area contributed by atoms with E-state index in [4.69, 9.17) is 0 Å². The van der Waals surface area contributed by atoms with Gasteiger partial charge in [0.15, 0.2) is 5.79 Å². The van der Waals surface area contributed by atoms with Crippen LogP contribution in [0.4, 0.5) is 0 Å². The van der Waals surface area contributed by atoms with Gasteiger partial charge in [-0.15, -0.1) is 0 Å². The lowest BCUT2D eigenvalue weighted by Crippen LogP contribution is -2.38. The Morgan fingerprint density at radius 1 is 1.09 bits per heavy atom. The number of fused-ring (bicyclic) bond motifs is 1. The van der Waals surface area contributed by atoms with Gasteiger partial charge in [0.2, 0.25) is 0 Å². The molecule has 3 saturated carbocycles. The van der Waals surface area contributed by atoms with Gasteiger partial charge >= 0.3 is 0 Å². The number of aliphatic hydroxyl groups is 4. The van der Waals surface area contributed by atoms with Crippen LogP contribution in [0.3, 0.4) is 0 Å². The predicted molar refractivity (Wildman–Crippen MR) is 130 cm³/mol. The largest absolute Gasteiger partial charge is 0.396 e. The lowest BCUT2D eigenvalue weighted by atomic mass is 9.61. The summed E-state index contributed by atoms with van der Waals surface area (Å²) in [5.41, 5.74) is 3.36. The molecule has 2 unspecified atom stereocenters. The third-order valence-electron chi connectivity index (χ3n) is 8.80. The second-order valence-electron chi connectivity index (χ2n) is 11.2. The van der Waals surface area contributed by atoms with E-state index < -0.39 is 5.79 Å². The van der Waals surface area contributed by atoms with E-state index in [1.165, 1.54) is 5.57 Å². The van der Waals surface area contributed by atoms with E-state index in [2.05, 4.69) is 52.5 Å². The van der Waals surface area contributed by atoms with Crippen molar-refractivity contribution in [3.8, 4) is 0 Å². The molecule has 7 atom stereocenters. The van der Waals surface area contributed by atoms with Gasteiger partial charge in [-0.2, -0.15) is 0 Å². The number of aliphatic hydroxyl groups excluding tert-OH is 2. The summed E-state index contributed by atoms with van der Waals surface area (Å²) < 4.78 is 0. The second-order valence-corrected chi connectivity index (χ2v) is 11.2. The number of rotatable bonds is 6. The molecule has 0 radical (unpaired) electrons. The average Bonchev–Trinajstić information content (AvgIpc) is 3.02. The summed E-state index contributed by atoms with van der Waals surface area (Å²) in [7, 11) is 0. The van der Waals surface area contributed by atoms with Crippen LogP contribution in [-0.2, 0) is 0 Å². The molecule has 3 aliphatic rings. The Labute approximate surface area is 194 Å². The molecule has 180 valence electrons. The van der Waals surface area contributed by atoms with Crippen LogP contribution >= 0.6 is 0 Å². The molecule has 32 heavy (non-hydrogen) atoms. The van der Waals surface area contributed by atoms with E-state index in [1.807, 2.05) is 6.08 Å². The molecule has 0 bridgehead atoms. The molecule has 0 heterocycles. The van der Waals surface area contributed by atoms with Crippen LogP contribution in [0.5, 0.6) is 0 Å². The first-order valence-electron chi connectivity index (χ1n) is 12.5. The van der Waals surface area contributed by atoms with Gasteiger partial charge in [0.1, 0.15) is 0 Å². The molecule has 0 saturated heterocycles. The highest BCUT2D eigenvalue weighted by Gasteiger charge is 2.54. The van der Waals surface area contributed by atoms with Crippen LogP contribution in [-0.4, -0.2) is 38.9 Å². The van der Waals surface area contributed by atoms with Gasteiger partial charge in [0.25, 0.3) is 0 Å². The van der Waals surface area contributed by atoms with E-state index in [0.29, 0.717) is 24.7 Å². The molecule has 4 nitrogen and oxygen atoms in total. The fourth-order valence-electron chi connectivity index (χ4n) is 6.48. The molecule has 0 aromatic heterocycles. The third-order valence-corrected chi connectivity index (χ3v) is 8.80. The molecule has 4 N–H and O–H groups in total. The summed E-state index contributed by atoms with van der Waals surface area (Å²) in [5, 5.41) is 40.7. The minimum Gasteiger partial charge on any atom is -0.396 e. The van der Waals surface area contributed by atoms with Crippen molar-refractivity contribution in [2.75, 3.05) is 6.61 Å². The Morgan fingerprint density at radius 2 is 1.81 bits per heavy atom. The van der Waals surface area contributed by atoms with Gasteiger partial charge in [0, 0.05) is 19.4 Å². The molecule has 4 heteroatoms. The number of hydrogen-bond acceptors (Lipinski definition) is 4. The van der Waals surface area contributed by atoms with Crippen LogP contribution in [0.1, 0.15) is 72.6 Å². The first kappa shape index (κ1) is 25.4. The van der Waals surface area contributed by atoms with Gasteiger partial charge < -0.3 is 20.4 Å². The molecular weight excluding hydrogens is 400 g/mol. The molecule has 0 amide bonds. The molecule has 0 spiro atoms. The number of allylic oxidation sites excluding steroid dienone is 6. The quantitative estimate of drug-likeness (QED) is 0.347. The Balaban J connectivity index is 1.80. The van der Waals surface area contributed by atoms with E-state index in [0.717, 1.165) is 36.8 Å². The fourth-order valence-corrected chi connectivity index (χ4v) is 6.48. The van der Waals surface area contributed by atoms with Crippen molar-refractivity contribution in [2.45, 2.75) is 84.5 Å². The zero-order valence-electron chi connectivity index (χ0n) is 20.4. The maximum absolute atomic E-state index is 11.1. The van der Waals surface area contributed by atoms with Gasteiger partial charge in [-0.05, 0) is 72.7 Å². The van der Waals surface area contributed by atoms with Gasteiger partial charge in [-0.3, -0.25) is 0 Å². The van der Waals surface area contributed by atoms with Crippen molar-refractivity contribution < 1.29 is 20.4 Å². The van der Waals surface area contributed by atoms with E-state index >= 15 is 0 Å². The topological polar surface area (TPSA) is 80.9 Å². The monoisotopic (exact) mass is 444 g/mol. The second kappa shape index (κ2) is 9.97. The lowest BCUT2D eigenvalue weighted by molar-refractivity contribution is -0.166. The fraction of sp³-hybridized carbons (Fsp3) is 0.714. The maximum atomic E-state index is 11.1. The molecule has 3 rings (SSSR count). The third kappa shape index (κ3) is 5.30. The summed E-state index contributed by atoms with van der Waals surface area (Å²) in [6, 6.07) is 0. The average molecular weight is 445 g/mol. The molecule has 0 aromatic carbocycles. The van der Waals surface area contributed by atoms with Crippen molar-refractivity contribution in [3.05, 3.63) is 47.6 Å². The van der Waals surface area contributed by atoms with Gasteiger partial charge in [-0.1, -0.05) is 69.7 Å². The van der Waals surface area contributed by atoms with Crippen LogP contribution in [0.25, 0.3) is 0 Å². The molecule has 3 aliphatic carbocycles. The Morgan fingerprint density at radius 3 is 2.50 bits per heavy atom. The van der Waals surface area contributed by atoms with E-state index in [1.54, 1.807) is 0 Å². The Bertz CT molecular complexity index is 776. The van der Waals surface area contributed by atoms with Crippen LogP contribution in [0, 0.1) is 35.0 Å². The summed E-state index contributed by atoms with van der Waals surface area (Å²) in [5.74, 6) is -0.251. The molecule has 3 fully saturated rings. The summed E-state index contributed by atoms with van der Waals surface area (Å²) in [6.45, 7) is 13.1. The summed E-state index contributed by atoms with van der Waals surface area (Å²) in [6.07, 6.45) is 13.6. The van der Waals surface area contributed by atoms with Crippen LogP contribution in [0.2, 0.25) is 0 Å². The van der Waals surface area contributed by atoms with Crippen LogP contribution in [0.15, 0.2) is 47.6 Å². The van der Waals surface area contributed by atoms with Crippen molar-refractivity contribution in [1.82, 2.24) is 0 Å². The maximum Gasteiger partial charge on any atom is 0.166 e. The van der Waals surface area contributed by atoms with Crippen molar-refractivity contribution >= 4 is 0 Å². The van der Waals surface area contributed by atoms with Gasteiger partial charge in [-0.25, -0.2) is 0 Å². The highest BCUT2D eigenvalue weighted by atomic mass is 16.5. The normalized spacial score (nSPS) is 38.2. The van der Waals surface area contributed by atoms with E-state index in [-0.39, 0.29) is 42.3 Å². The smallest absolute Gasteiger partial charge is 0.166 e. The molecule has 0 aliphatic heterocycles. The van der Waals surface area contributed by atoms with Gasteiger partial charge in [0.05, 0.1) is 6.10 Å². The minimum atomic E-state index is -1.63. The SMILES string of the molecule is C=C1CCC(O)(O)C/C1=C/C=C1\CCC[C@@]2(C)[C@@H]([C@H](C)/C=C/[C@@H](C)C(C)CO)C(O)C[C@@H]12. The minimum absolute atomic E-state index is 0.0544. The zero-order chi connectivity index (χ0) is 23.7. The predicted octanol–water partition coefficient (Wildman–Crippen LogP) is 4.90. The highest BCUT2D eigenvalue weighted by molar-refractivity contribution is 5.37. The molecule has 0 aromatic rings. The summed E-state index contributed by atoms with van der Waals surface area (Å²) >= 11 is 0. The lowest BCUT2D eigenvalue weighted by Gasteiger charge is -2.44. The summed E-state index contributed by atoms with van der Waals surface area (Å²) in [4.78, 5) is 0. The molecular formula is C28H44O4.